The number of hydrogen-bond donors (Lipinski definition) is 5. The van der Waals surface area contributed by atoms with Crippen molar-refractivity contribution in [3.63, 3.8) is 0 Å². The van der Waals surface area contributed by atoms with Gasteiger partial charge in [-0.3, -0.25) is 9.52 Å². The molecule has 0 spiro atoms. The first-order valence-electron chi connectivity index (χ1n) is 13.3. The lowest BCUT2D eigenvalue weighted by atomic mass is 10.0. The van der Waals surface area contributed by atoms with E-state index < -0.39 is 50.2 Å². The highest BCUT2D eigenvalue weighted by atomic mass is 35.5. The van der Waals surface area contributed by atoms with Gasteiger partial charge in [0.05, 0.1) is 29.2 Å². The van der Waals surface area contributed by atoms with Crippen LogP contribution in [0.1, 0.15) is 11.1 Å². The molecule has 0 fully saturated rings. The van der Waals surface area contributed by atoms with Gasteiger partial charge in [-0.2, -0.15) is 0 Å². The minimum absolute atomic E-state index is 0.147. The standard InChI is InChI=1S/C29H31ClN4O7S3/c1-41-29(36)33-25(16-19-5-3-2-4-6-19)28(35)32-24(15-20-7-11-22(12-8-20)34-43(37)38)26-17-42-27(31-26)18-44(39,40)23-13-9-21(30)10-14-23/h2-14,17,24-25,27,31,43H,15-16,18H2,1H3,(H,32,35)(H,33,36)(H,34,37,38)/t24-,25-,27?/m0/s1. The minimum Gasteiger partial charge on any atom is -0.453 e. The summed E-state index contributed by atoms with van der Waals surface area (Å²) in [6.07, 6.45) is -0.286. The lowest BCUT2D eigenvalue weighted by Crippen LogP contribution is -2.52. The van der Waals surface area contributed by atoms with Gasteiger partial charge in [0.1, 0.15) is 6.04 Å². The van der Waals surface area contributed by atoms with Crippen LogP contribution in [0.2, 0.25) is 5.02 Å². The van der Waals surface area contributed by atoms with Crippen LogP contribution < -0.4 is 20.7 Å². The number of rotatable bonds is 13. The minimum atomic E-state index is -3.65. The third-order valence-corrected chi connectivity index (χ3v) is 10.3. The number of methoxy groups -OCH3 is 1. The van der Waals surface area contributed by atoms with Crippen LogP contribution in [0.25, 0.3) is 0 Å². The fourth-order valence-electron chi connectivity index (χ4n) is 4.44. The van der Waals surface area contributed by atoms with Crippen molar-refractivity contribution in [1.29, 1.82) is 0 Å². The molecule has 0 bridgehead atoms. The molecule has 0 radical (unpaired) electrons. The van der Waals surface area contributed by atoms with Crippen molar-refractivity contribution in [2.45, 2.75) is 35.2 Å². The highest BCUT2D eigenvalue weighted by Crippen LogP contribution is 2.28. The number of anilines is 1. The number of nitrogens with one attached hydrogen (secondary N) is 4. The molecule has 1 unspecified atom stereocenters. The molecule has 4 rings (SSSR count). The smallest absolute Gasteiger partial charge is 0.407 e. The van der Waals surface area contributed by atoms with Crippen LogP contribution >= 0.6 is 23.4 Å². The molecule has 44 heavy (non-hydrogen) atoms. The van der Waals surface area contributed by atoms with Gasteiger partial charge >= 0.3 is 6.09 Å². The Morgan fingerprint density at radius 3 is 2.25 bits per heavy atom. The van der Waals surface area contributed by atoms with Crippen molar-refractivity contribution in [2.24, 2.45) is 0 Å². The van der Waals surface area contributed by atoms with Crippen molar-refractivity contribution >= 4 is 61.8 Å². The number of carbonyl (C=O) groups excluding carboxylic acids is 2. The predicted octanol–water partition coefficient (Wildman–Crippen LogP) is 3.25. The maximum Gasteiger partial charge on any atom is 0.407 e. The van der Waals surface area contributed by atoms with Gasteiger partial charge in [-0.05, 0) is 59.4 Å². The van der Waals surface area contributed by atoms with Gasteiger partial charge in [-0.1, -0.05) is 54.1 Å². The van der Waals surface area contributed by atoms with Crippen molar-refractivity contribution in [2.75, 3.05) is 17.6 Å². The molecule has 11 nitrogen and oxygen atoms in total. The number of alkyl carbamates (subject to hydrolysis) is 1. The van der Waals surface area contributed by atoms with Gasteiger partial charge < -0.3 is 20.7 Å². The van der Waals surface area contributed by atoms with Crippen LogP contribution in [-0.4, -0.2) is 59.2 Å². The van der Waals surface area contributed by atoms with E-state index in [-0.39, 0.29) is 23.5 Å². The summed E-state index contributed by atoms with van der Waals surface area (Å²) in [7, 11) is -5.27. The van der Waals surface area contributed by atoms with Crippen LogP contribution in [0.15, 0.2) is 94.9 Å². The van der Waals surface area contributed by atoms with Crippen LogP contribution in [0, 0.1) is 0 Å². The summed E-state index contributed by atoms with van der Waals surface area (Å²) in [5.41, 5.74) is 2.56. The summed E-state index contributed by atoms with van der Waals surface area (Å²) in [6.45, 7) is 0. The third kappa shape index (κ3) is 9.64. The number of amides is 2. The summed E-state index contributed by atoms with van der Waals surface area (Å²) in [6, 6.07) is 20.2. The van der Waals surface area contributed by atoms with E-state index in [0.29, 0.717) is 16.4 Å². The third-order valence-electron chi connectivity index (χ3n) is 6.61. The normalized spacial score (nSPS) is 15.9. The van der Waals surface area contributed by atoms with Gasteiger partial charge in [0.15, 0.2) is 9.84 Å². The molecule has 0 aliphatic carbocycles. The second-order valence-electron chi connectivity index (χ2n) is 9.79. The number of carbonyl (C=O) groups is 2. The average molecular weight is 679 g/mol. The zero-order valence-electron chi connectivity index (χ0n) is 23.4. The van der Waals surface area contributed by atoms with Crippen LogP contribution in [0.5, 0.6) is 0 Å². The molecular formula is C29H31ClN4O7S3. The second-order valence-corrected chi connectivity index (χ2v) is 14.1. The fourth-order valence-corrected chi connectivity index (χ4v) is 7.75. The molecule has 234 valence electrons. The van der Waals surface area contributed by atoms with Crippen molar-refractivity contribution in [1.82, 2.24) is 16.0 Å². The molecule has 0 aromatic heterocycles. The number of benzene rings is 3. The average Bonchev–Trinajstić information content (AvgIpc) is 3.45. The van der Waals surface area contributed by atoms with Gasteiger partial charge in [0.25, 0.3) is 0 Å². The van der Waals surface area contributed by atoms with Gasteiger partial charge in [-0.15, -0.1) is 11.8 Å². The number of ether oxygens (including phenoxy) is 1. The number of hydrogen-bond acceptors (Lipinski definition) is 9. The Labute approximate surface area is 266 Å². The molecule has 1 heterocycles. The molecule has 3 aromatic carbocycles. The maximum absolute atomic E-state index is 13.6. The van der Waals surface area contributed by atoms with E-state index in [1.54, 1.807) is 29.7 Å². The zero-order valence-corrected chi connectivity index (χ0v) is 26.7. The topological polar surface area (TPSA) is 160 Å². The molecule has 3 atom stereocenters. The summed E-state index contributed by atoms with van der Waals surface area (Å²) >= 11 is 7.19. The van der Waals surface area contributed by atoms with Gasteiger partial charge in [-0.25, -0.2) is 21.6 Å². The Kier molecular flexibility index (Phi) is 11.6. The summed E-state index contributed by atoms with van der Waals surface area (Å²) in [4.78, 5) is 25.9. The maximum atomic E-state index is 13.6. The highest BCUT2D eigenvalue weighted by molar-refractivity contribution is 8.04. The Morgan fingerprint density at radius 1 is 0.955 bits per heavy atom. The quantitative estimate of drug-likeness (QED) is 0.171. The number of thiol groups is 1. The van der Waals surface area contributed by atoms with E-state index in [9.17, 15) is 26.4 Å². The van der Waals surface area contributed by atoms with E-state index in [1.807, 2.05) is 30.3 Å². The number of halogens is 1. The molecule has 3 aromatic rings. The monoisotopic (exact) mass is 678 g/mol. The fraction of sp³-hybridized carbons (Fsp3) is 0.241. The van der Waals surface area contributed by atoms with E-state index in [0.717, 1.165) is 11.1 Å². The van der Waals surface area contributed by atoms with E-state index >= 15 is 0 Å². The molecule has 0 saturated heterocycles. The molecule has 2 amide bonds. The molecular weight excluding hydrogens is 648 g/mol. The highest BCUT2D eigenvalue weighted by Gasteiger charge is 2.31. The van der Waals surface area contributed by atoms with Gasteiger partial charge in [0.2, 0.25) is 16.8 Å². The van der Waals surface area contributed by atoms with Crippen molar-refractivity contribution in [3.05, 3.63) is 106 Å². The zero-order chi connectivity index (χ0) is 31.7. The Bertz CT molecular complexity index is 1660. The first-order chi connectivity index (χ1) is 21.0. The van der Waals surface area contributed by atoms with E-state index in [2.05, 4.69) is 20.7 Å². The molecule has 1 aliphatic rings. The van der Waals surface area contributed by atoms with E-state index in [1.165, 1.54) is 43.1 Å². The number of sulfone groups is 1. The largest absolute Gasteiger partial charge is 0.453 e. The molecule has 15 heteroatoms. The molecule has 4 N–H and O–H groups in total. The van der Waals surface area contributed by atoms with Crippen molar-refractivity contribution in [3.8, 4) is 0 Å². The lowest BCUT2D eigenvalue weighted by Gasteiger charge is -2.25. The first kappa shape index (κ1) is 33.2. The number of thioether (sulfide) groups is 1. The van der Waals surface area contributed by atoms with Crippen LogP contribution in [-0.2, 0) is 43.1 Å². The first-order valence-corrected chi connectivity index (χ1v) is 17.5. The summed E-state index contributed by atoms with van der Waals surface area (Å²) < 4.78 is 55.2. The Balaban J connectivity index is 1.54. The lowest BCUT2D eigenvalue weighted by molar-refractivity contribution is -0.123. The van der Waals surface area contributed by atoms with Gasteiger partial charge in [0, 0.05) is 22.8 Å². The Morgan fingerprint density at radius 2 is 1.61 bits per heavy atom. The molecule has 0 saturated carbocycles. The van der Waals surface area contributed by atoms with E-state index in [4.69, 9.17) is 16.3 Å². The summed E-state index contributed by atoms with van der Waals surface area (Å²) in [5, 5.41) is 10.5. The Hall–Kier alpha value is -3.72. The molecule has 1 aliphatic heterocycles. The van der Waals surface area contributed by atoms with Crippen LogP contribution in [0.3, 0.4) is 0 Å². The SMILES string of the molecule is COC(=O)N[C@@H](Cc1ccccc1)C(=O)N[C@@H](Cc1ccc(N[SH](=O)=O)cc1)C1=CSC(CS(=O)(=O)c2ccc(Cl)cc2)N1. The van der Waals surface area contributed by atoms with Crippen molar-refractivity contribution < 1.29 is 31.2 Å². The van der Waals surface area contributed by atoms with Crippen LogP contribution in [0.4, 0.5) is 10.5 Å². The summed E-state index contributed by atoms with van der Waals surface area (Å²) in [5.74, 6) is -0.690. The second kappa shape index (κ2) is 15.3. The predicted molar refractivity (Wildman–Crippen MR) is 172 cm³/mol.